The van der Waals surface area contributed by atoms with Crippen molar-refractivity contribution < 1.29 is 5.11 Å². The summed E-state index contributed by atoms with van der Waals surface area (Å²) in [4.78, 5) is 9.59. The summed E-state index contributed by atoms with van der Waals surface area (Å²) in [6, 6.07) is 17.0. The van der Waals surface area contributed by atoms with Crippen LogP contribution in [0.25, 0.3) is 21.3 Å². The van der Waals surface area contributed by atoms with Gasteiger partial charge in [0.05, 0.1) is 11.6 Å². The number of hydrazone groups is 1. The van der Waals surface area contributed by atoms with Crippen LogP contribution in [0.15, 0.2) is 71.4 Å². The molecule has 0 atom stereocenters. The van der Waals surface area contributed by atoms with Crippen molar-refractivity contribution in [3.05, 3.63) is 71.9 Å². The normalized spacial score (nSPS) is 11.2. The molecule has 2 aromatic carbocycles. The molecular weight excluding hydrogens is 332 g/mol. The van der Waals surface area contributed by atoms with E-state index in [4.69, 9.17) is 0 Å². The van der Waals surface area contributed by atoms with E-state index in [0.29, 0.717) is 5.82 Å². The number of aromatic nitrogens is 2. The van der Waals surface area contributed by atoms with Gasteiger partial charge in [-0.1, -0.05) is 42.5 Å². The summed E-state index contributed by atoms with van der Waals surface area (Å²) >= 11 is 1.58. The second-order valence-electron chi connectivity index (χ2n) is 5.38. The number of hydrogen-bond acceptors (Lipinski definition) is 6. The summed E-state index contributed by atoms with van der Waals surface area (Å²) in [5.41, 5.74) is 5.99. The number of anilines is 1. The predicted molar refractivity (Wildman–Crippen MR) is 102 cm³/mol. The fourth-order valence-electron chi connectivity index (χ4n) is 2.56. The third kappa shape index (κ3) is 3.20. The topological polar surface area (TPSA) is 70.4 Å². The molecule has 5 nitrogen and oxygen atoms in total. The molecule has 0 fully saturated rings. The third-order valence-electron chi connectivity index (χ3n) is 3.71. The smallest absolute Gasteiger partial charge is 0.159 e. The van der Waals surface area contributed by atoms with Gasteiger partial charge < -0.3 is 5.11 Å². The van der Waals surface area contributed by atoms with Crippen LogP contribution in [-0.4, -0.2) is 21.3 Å². The summed E-state index contributed by atoms with van der Waals surface area (Å²) in [5, 5.41) is 16.8. The van der Waals surface area contributed by atoms with Crippen LogP contribution in [0.4, 0.5) is 5.82 Å². The van der Waals surface area contributed by atoms with E-state index in [1.165, 1.54) is 6.33 Å². The van der Waals surface area contributed by atoms with Gasteiger partial charge in [0.1, 0.15) is 16.9 Å². The first kappa shape index (κ1) is 15.3. The van der Waals surface area contributed by atoms with Gasteiger partial charge in [0, 0.05) is 10.9 Å². The monoisotopic (exact) mass is 346 g/mol. The Labute approximate surface area is 148 Å². The van der Waals surface area contributed by atoms with Gasteiger partial charge in [-0.3, -0.25) is 5.43 Å². The van der Waals surface area contributed by atoms with Crippen molar-refractivity contribution in [2.75, 3.05) is 5.43 Å². The molecule has 0 aliphatic rings. The molecular formula is C19H14N4OS. The van der Waals surface area contributed by atoms with E-state index >= 15 is 0 Å². The van der Waals surface area contributed by atoms with E-state index in [2.05, 4.69) is 38.0 Å². The van der Waals surface area contributed by atoms with Crippen LogP contribution >= 0.6 is 11.3 Å². The Kier molecular flexibility index (Phi) is 4.10. The van der Waals surface area contributed by atoms with E-state index in [-0.39, 0.29) is 5.75 Å². The number of aromatic hydroxyl groups is 1. The summed E-state index contributed by atoms with van der Waals surface area (Å²) in [6.07, 6.45) is 3.17. The number of nitrogens with zero attached hydrogens (tertiary/aromatic N) is 3. The first-order valence-electron chi connectivity index (χ1n) is 7.67. The van der Waals surface area contributed by atoms with Gasteiger partial charge in [0.25, 0.3) is 0 Å². The molecule has 2 heterocycles. The molecule has 0 radical (unpaired) electrons. The Bertz CT molecular complexity index is 1040. The number of hydrogen-bond donors (Lipinski definition) is 2. The van der Waals surface area contributed by atoms with Gasteiger partial charge in [0.2, 0.25) is 0 Å². The molecule has 122 valence electrons. The number of phenols is 1. The fraction of sp³-hybridized carbons (Fsp3) is 0. The number of rotatable bonds is 4. The maximum atomic E-state index is 9.50. The average molecular weight is 346 g/mol. The molecule has 2 aromatic heterocycles. The molecule has 2 N–H and O–H groups in total. The zero-order valence-corrected chi connectivity index (χ0v) is 13.9. The lowest BCUT2D eigenvalue weighted by atomic mass is 10.1. The molecule has 0 amide bonds. The van der Waals surface area contributed by atoms with Gasteiger partial charge in [-0.05, 0) is 23.3 Å². The van der Waals surface area contributed by atoms with Crippen LogP contribution in [0.1, 0.15) is 5.56 Å². The summed E-state index contributed by atoms with van der Waals surface area (Å²) in [6.45, 7) is 0. The van der Waals surface area contributed by atoms with E-state index in [0.717, 1.165) is 26.9 Å². The van der Waals surface area contributed by atoms with E-state index in [9.17, 15) is 5.11 Å². The number of thiophene rings is 1. The van der Waals surface area contributed by atoms with Crippen molar-refractivity contribution >= 4 is 33.6 Å². The number of benzene rings is 2. The van der Waals surface area contributed by atoms with Gasteiger partial charge in [-0.25, -0.2) is 9.97 Å². The minimum atomic E-state index is 0.206. The molecule has 0 saturated carbocycles. The Balaban J connectivity index is 1.69. The van der Waals surface area contributed by atoms with Crippen molar-refractivity contribution in [3.8, 4) is 16.9 Å². The SMILES string of the molecule is Oc1cccc(/C=N\Nc2ncnc3scc(-c4ccccc4)c23)c1. The van der Waals surface area contributed by atoms with Gasteiger partial charge >= 0.3 is 0 Å². The van der Waals surface area contributed by atoms with Crippen LogP contribution in [-0.2, 0) is 0 Å². The lowest BCUT2D eigenvalue weighted by molar-refractivity contribution is 0.475. The molecule has 4 rings (SSSR count). The first-order chi connectivity index (χ1) is 12.3. The maximum Gasteiger partial charge on any atom is 0.159 e. The average Bonchev–Trinajstić information content (AvgIpc) is 3.08. The maximum absolute atomic E-state index is 9.50. The molecule has 0 aliphatic carbocycles. The Morgan fingerprint density at radius 2 is 1.92 bits per heavy atom. The van der Waals surface area contributed by atoms with E-state index in [1.807, 2.05) is 24.3 Å². The van der Waals surface area contributed by atoms with Gasteiger partial charge in [-0.15, -0.1) is 11.3 Å². The van der Waals surface area contributed by atoms with Crippen molar-refractivity contribution in [2.24, 2.45) is 5.10 Å². The van der Waals surface area contributed by atoms with Crippen molar-refractivity contribution in [3.63, 3.8) is 0 Å². The fourth-order valence-corrected chi connectivity index (χ4v) is 3.48. The third-order valence-corrected chi connectivity index (χ3v) is 4.60. The lowest BCUT2D eigenvalue weighted by Crippen LogP contribution is -1.95. The molecule has 0 spiro atoms. The molecule has 6 heteroatoms. The Hall–Kier alpha value is -3.25. The highest BCUT2D eigenvalue weighted by Crippen LogP contribution is 2.36. The molecule has 0 aliphatic heterocycles. The highest BCUT2D eigenvalue weighted by Gasteiger charge is 2.12. The second-order valence-corrected chi connectivity index (χ2v) is 6.24. The Morgan fingerprint density at radius 1 is 1.04 bits per heavy atom. The highest BCUT2D eigenvalue weighted by atomic mass is 32.1. The van der Waals surface area contributed by atoms with E-state index < -0.39 is 0 Å². The van der Waals surface area contributed by atoms with Crippen LogP contribution in [0.2, 0.25) is 0 Å². The van der Waals surface area contributed by atoms with Crippen LogP contribution in [0.3, 0.4) is 0 Å². The summed E-state index contributed by atoms with van der Waals surface area (Å²) in [5.74, 6) is 0.860. The lowest BCUT2D eigenvalue weighted by Gasteiger charge is -2.04. The van der Waals surface area contributed by atoms with Crippen LogP contribution < -0.4 is 5.43 Å². The van der Waals surface area contributed by atoms with Crippen LogP contribution in [0, 0.1) is 0 Å². The molecule has 0 saturated heterocycles. The van der Waals surface area contributed by atoms with Crippen molar-refractivity contribution in [2.45, 2.75) is 0 Å². The van der Waals surface area contributed by atoms with E-state index in [1.54, 1.807) is 35.8 Å². The summed E-state index contributed by atoms with van der Waals surface area (Å²) < 4.78 is 0. The quantitative estimate of drug-likeness (QED) is 0.421. The van der Waals surface area contributed by atoms with Crippen LogP contribution in [0.5, 0.6) is 5.75 Å². The zero-order chi connectivity index (χ0) is 17.1. The summed E-state index contributed by atoms with van der Waals surface area (Å²) in [7, 11) is 0. The number of nitrogens with one attached hydrogen (secondary N) is 1. The molecule has 4 aromatic rings. The molecule has 0 bridgehead atoms. The number of phenolic OH excluding ortho intramolecular Hbond substituents is 1. The Morgan fingerprint density at radius 3 is 2.76 bits per heavy atom. The highest BCUT2D eigenvalue weighted by molar-refractivity contribution is 7.17. The largest absolute Gasteiger partial charge is 0.508 e. The minimum absolute atomic E-state index is 0.206. The van der Waals surface area contributed by atoms with Gasteiger partial charge in [0.15, 0.2) is 5.82 Å². The predicted octanol–water partition coefficient (Wildman–Crippen LogP) is 4.51. The molecule has 0 unspecified atom stereocenters. The van der Waals surface area contributed by atoms with Crippen molar-refractivity contribution in [1.29, 1.82) is 0 Å². The second kappa shape index (κ2) is 6.70. The first-order valence-corrected chi connectivity index (χ1v) is 8.55. The minimum Gasteiger partial charge on any atom is -0.508 e. The number of fused-ring (bicyclic) bond motifs is 1. The van der Waals surface area contributed by atoms with Gasteiger partial charge in [-0.2, -0.15) is 5.10 Å². The molecule has 25 heavy (non-hydrogen) atoms. The standard InChI is InChI=1S/C19H14N4OS/c24-15-8-4-5-13(9-15)10-22-23-18-17-16(14-6-2-1-3-7-14)11-25-19(17)21-12-20-18/h1-12,24H,(H,20,21,23)/b22-10-. The van der Waals surface area contributed by atoms with Crippen molar-refractivity contribution in [1.82, 2.24) is 9.97 Å². The zero-order valence-electron chi connectivity index (χ0n) is 13.1.